The average molecular weight is 404 g/mol. The van der Waals surface area contributed by atoms with E-state index in [4.69, 9.17) is 0 Å². The van der Waals surface area contributed by atoms with Crippen molar-refractivity contribution in [2.75, 3.05) is 24.5 Å². The van der Waals surface area contributed by atoms with E-state index >= 15 is 0 Å². The molecule has 1 spiro atoms. The molecule has 2 aromatic rings. The summed E-state index contributed by atoms with van der Waals surface area (Å²) >= 11 is 1.76. The SMILES string of the molecule is O=C(C1=CSC2=CC=CC3C2C13)N1CCN(c2ncnc3[nH]ccc23)CC12CC2. The number of carbonyl (C=O) groups excluding carboxylic acids is 1. The molecule has 0 aromatic carbocycles. The van der Waals surface area contributed by atoms with Crippen LogP contribution in [0.25, 0.3) is 11.0 Å². The van der Waals surface area contributed by atoms with Crippen molar-refractivity contribution >= 4 is 34.5 Å². The van der Waals surface area contributed by atoms with Crippen LogP contribution in [-0.2, 0) is 4.79 Å². The molecule has 2 saturated carbocycles. The average Bonchev–Trinajstić information content (AvgIpc) is 3.63. The largest absolute Gasteiger partial charge is 0.352 e. The molecule has 0 radical (unpaired) electrons. The number of hydrogen-bond donors (Lipinski definition) is 1. The quantitative estimate of drug-likeness (QED) is 0.835. The maximum Gasteiger partial charge on any atom is 0.251 e. The van der Waals surface area contributed by atoms with Crippen LogP contribution in [0.1, 0.15) is 12.8 Å². The van der Waals surface area contributed by atoms with Crippen LogP contribution in [0.15, 0.2) is 52.7 Å². The summed E-state index contributed by atoms with van der Waals surface area (Å²) in [5.41, 5.74) is 1.89. The molecule has 1 N–H and O–H groups in total. The lowest BCUT2D eigenvalue weighted by Gasteiger charge is -2.43. The number of nitrogens with zero attached hydrogens (tertiary/aromatic N) is 4. The molecule has 146 valence electrons. The van der Waals surface area contributed by atoms with Gasteiger partial charge in [0.25, 0.3) is 5.91 Å². The van der Waals surface area contributed by atoms with E-state index in [0.29, 0.717) is 17.8 Å². The van der Waals surface area contributed by atoms with Gasteiger partial charge in [0.05, 0.1) is 10.9 Å². The lowest BCUT2D eigenvalue weighted by atomic mass is 10.0. The molecule has 3 atom stereocenters. The zero-order chi connectivity index (χ0) is 19.2. The lowest BCUT2D eigenvalue weighted by Crippen LogP contribution is -2.57. The molecule has 1 saturated heterocycles. The number of aromatic nitrogens is 3. The molecule has 6 nitrogen and oxygen atoms in total. The van der Waals surface area contributed by atoms with E-state index in [1.54, 1.807) is 18.1 Å². The summed E-state index contributed by atoms with van der Waals surface area (Å²) in [6.07, 6.45) is 12.4. The number of thioether (sulfide) groups is 1. The molecule has 7 heteroatoms. The molecular weight excluding hydrogens is 382 g/mol. The van der Waals surface area contributed by atoms with E-state index in [1.165, 1.54) is 4.91 Å². The van der Waals surface area contributed by atoms with Gasteiger partial charge in [-0.1, -0.05) is 18.2 Å². The predicted octanol–water partition coefficient (Wildman–Crippen LogP) is 3.09. The van der Waals surface area contributed by atoms with Gasteiger partial charge in [-0.3, -0.25) is 4.79 Å². The number of nitrogens with one attached hydrogen (secondary N) is 1. The number of carbonyl (C=O) groups is 1. The number of H-pyrrole nitrogens is 1. The monoisotopic (exact) mass is 403 g/mol. The van der Waals surface area contributed by atoms with Gasteiger partial charge < -0.3 is 14.8 Å². The third-order valence-electron chi connectivity index (χ3n) is 7.28. The summed E-state index contributed by atoms with van der Waals surface area (Å²) in [6, 6.07) is 2.04. The number of anilines is 1. The normalized spacial score (nSPS) is 30.8. The van der Waals surface area contributed by atoms with Crippen molar-refractivity contribution in [2.45, 2.75) is 18.4 Å². The first kappa shape index (κ1) is 16.3. The van der Waals surface area contributed by atoms with Gasteiger partial charge >= 0.3 is 0 Å². The Morgan fingerprint density at radius 3 is 3.07 bits per heavy atom. The second-order valence-corrected chi connectivity index (χ2v) is 9.76. The van der Waals surface area contributed by atoms with Crippen LogP contribution < -0.4 is 4.90 Å². The van der Waals surface area contributed by atoms with E-state index in [1.807, 2.05) is 12.3 Å². The van der Waals surface area contributed by atoms with Crippen LogP contribution in [0.5, 0.6) is 0 Å². The Balaban J connectivity index is 1.16. The fourth-order valence-corrected chi connectivity index (χ4v) is 6.71. The highest BCUT2D eigenvalue weighted by atomic mass is 32.2. The van der Waals surface area contributed by atoms with E-state index in [-0.39, 0.29) is 11.4 Å². The number of aromatic amines is 1. The minimum atomic E-state index is -0.0273. The van der Waals surface area contributed by atoms with Crippen molar-refractivity contribution in [2.24, 2.45) is 17.8 Å². The van der Waals surface area contributed by atoms with Crippen molar-refractivity contribution in [1.29, 1.82) is 0 Å². The Labute approximate surface area is 172 Å². The fourth-order valence-electron chi connectivity index (χ4n) is 5.57. The number of rotatable bonds is 2. The first-order valence-electron chi connectivity index (χ1n) is 10.4. The first-order valence-corrected chi connectivity index (χ1v) is 11.2. The van der Waals surface area contributed by atoms with Gasteiger partial charge in [0.2, 0.25) is 0 Å². The molecule has 3 fully saturated rings. The third-order valence-corrected chi connectivity index (χ3v) is 8.33. The van der Waals surface area contributed by atoms with Gasteiger partial charge in [-0.25, -0.2) is 9.97 Å². The molecule has 5 aliphatic rings. The molecule has 0 bridgehead atoms. The highest BCUT2D eigenvalue weighted by Gasteiger charge is 2.60. The van der Waals surface area contributed by atoms with Crippen LogP contribution in [0.4, 0.5) is 5.82 Å². The molecule has 3 unspecified atom stereocenters. The minimum absolute atomic E-state index is 0.0273. The van der Waals surface area contributed by atoms with Crippen molar-refractivity contribution in [3.05, 3.63) is 52.7 Å². The van der Waals surface area contributed by atoms with Crippen molar-refractivity contribution in [3.8, 4) is 0 Å². The highest BCUT2D eigenvalue weighted by molar-refractivity contribution is 8.06. The second-order valence-electron chi connectivity index (χ2n) is 8.81. The van der Waals surface area contributed by atoms with Gasteiger partial charge in [0, 0.05) is 43.2 Å². The van der Waals surface area contributed by atoms with Crippen LogP contribution in [0, 0.1) is 17.8 Å². The topological polar surface area (TPSA) is 65.1 Å². The third kappa shape index (κ3) is 2.22. The summed E-state index contributed by atoms with van der Waals surface area (Å²) < 4.78 is 0. The molecule has 2 aliphatic heterocycles. The summed E-state index contributed by atoms with van der Waals surface area (Å²) in [5.74, 6) is 2.77. The molecule has 29 heavy (non-hydrogen) atoms. The van der Waals surface area contributed by atoms with Gasteiger partial charge in [0.15, 0.2) is 0 Å². The number of hydrogen-bond acceptors (Lipinski definition) is 5. The smallest absolute Gasteiger partial charge is 0.251 e. The Bertz CT molecular complexity index is 1140. The van der Waals surface area contributed by atoms with Gasteiger partial charge in [-0.15, -0.1) is 11.8 Å². The van der Waals surface area contributed by atoms with Gasteiger partial charge in [0.1, 0.15) is 17.8 Å². The van der Waals surface area contributed by atoms with Crippen molar-refractivity contribution in [3.63, 3.8) is 0 Å². The van der Waals surface area contributed by atoms with Crippen LogP contribution in [0.2, 0.25) is 0 Å². The number of amides is 1. The molecule has 7 rings (SSSR count). The Morgan fingerprint density at radius 1 is 1.24 bits per heavy atom. The van der Waals surface area contributed by atoms with E-state index in [0.717, 1.165) is 54.9 Å². The standard InChI is InChI=1S/C22H21N5OS/c28-21(15-10-29-16-3-1-2-13-17(15)18(13)16)27-9-8-26(11-22(27)5-6-22)20-14-4-7-23-19(14)24-12-25-20/h1-4,7,10,12-13,17-18H,5-6,8-9,11H2,(H,23,24,25). The lowest BCUT2D eigenvalue weighted by molar-refractivity contribution is -0.131. The molecule has 3 aliphatic carbocycles. The zero-order valence-corrected chi connectivity index (χ0v) is 16.7. The predicted molar refractivity (Wildman–Crippen MR) is 113 cm³/mol. The number of piperazine rings is 1. The van der Waals surface area contributed by atoms with Gasteiger partial charge in [-0.2, -0.15) is 0 Å². The molecule has 1 amide bonds. The zero-order valence-electron chi connectivity index (χ0n) is 15.9. The Morgan fingerprint density at radius 2 is 2.17 bits per heavy atom. The Kier molecular flexibility index (Phi) is 3.11. The van der Waals surface area contributed by atoms with Crippen LogP contribution >= 0.6 is 11.8 Å². The van der Waals surface area contributed by atoms with E-state index in [9.17, 15) is 4.79 Å². The summed E-state index contributed by atoms with van der Waals surface area (Å²) in [6.45, 7) is 2.43. The number of fused-ring (bicyclic) bond motifs is 2. The molecular formula is C22H21N5OS. The van der Waals surface area contributed by atoms with Crippen LogP contribution in [-0.4, -0.2) is 50.9 Å². The summed E-state index contributed by atoms with van der Waals surface area (Å²) in [7, 11) is 0. The second kappa shape index (κ2) is 5.53. The Hall–Kier alpha value is -2.54. The van der Waals surface area contributed by atoms with E-state index < -0.39 is 0 Å². The fraction of sp³-hybridized carbons (Fsp3) is 0.409. The highest BCUT2D eigenvalue weighted by Crippen LogP contribution is 2.64. The van der Waals surface area contributed by atoms with E-state index in [2.05, 4.69) is 48.4 Å². The summed E-state index contributed by atoms with van der Waals surface area (Å²) in [5, 5.41) is 3.20. The first-order chi connectivity index (χ1) is 14.3. The number of allylic oxidation sites excluding steroid dienone is 4. The molecule has 2 aromatic heterocycles. The maximum absolute atomic E-state index is 13.6. The van der Waals surface area contributed by atoms with Gasteiger partial charge in [-0.05, 0) is 35.1 Å². The van der Waals surface area contributed by atoms with Crippen molar-refractivity contribution < 1.29 is 4.79 Å². The minimum Gasteiger partial charge on any atom is -0.352 e. The summed E-state index contributed by atoms with van der Waals surface area (Å²) in [4.78, 5) is 31.6. The van der Waals surface area contributed by atoms with Crippen molar-refractivity contribution in [1.82, 2.24) is 19.9 Å². The van der Waals surface area contributed by atoms with Crippen LogP contribution in [0.3, 0.4) is 0 Å². The molecule has 4 heterocycles. The maximum atomic E-state index is 13.6.